The summed E-state index contributed by atoms with van der Waals surface area (Å²) in [4.78, 5) is 24.3. The number of aryl methyl sites for hydroxylation is 1. The molecule has 0 radical (unpaired) electrons. The van der Waals surface area contributed by atoms with Crippen LogP contribution in [0, 0.1) is 12.7 Å². The lowest BCUT2D eigenvalue weighted by Crippen LogP contribution is -2.27. The van der Waals surface area contributed by atoms with Gasteiger partial charge in [0.25, 0.3) is 0 Å². The van der Waals surface area contributed by atoms with Crippen molar-refractivity contribution in [1.29, 1.82) is 0 Å². The molecule has 30 heavy (non-hydrogen) atoms. The fourth-order valence-corrected chi connectivity index (χ4v) is 3.57. The number of rotatable bonds is 6. The molecule has 0 saturated heterocycles. The van der Waals surface area contributed by atoms with Crippen molar-refractivity contribution in [3.63, 3.8) is 0 Å². The molecule has 2 aromatic carbocycles. The van der Waals surface area contributed by atoms with Gasteiger partial charge in [-0.1, -0.05) is 12.1 Å². The van der Waals surface area contributed by atoms with Gasteiger partial charge in [0.1, 0.15) is 17.0 Å². The summed E-state index contributed by atoms with van der Waals surface area (Å²) in [7, 11) is 0. The fourth-order valence-electron chi connectivity index (χ4n) is 3.57. The molecule has 0 fully saturated rings. The predicted molar refractivity (Wildman–Crippen MR) is 111 cm³/mol. The van der Waals surface area contributed by atoms with Crippen molar-refractivity contribution in [3.05, 3.63) is 70.0 Å². The van der Waals surface area contributed by atoms with Crippen molar-refractivity contribution in [1.82, 2.24) is 5.32 Å². The Morgan fingerprint density at radius 2 is 1.90 bits per heavy atom. The summed E-state index contributed by atoms with van der Waals surface area (Å²) in [6, 6.07) is 9.69. The lowest BCUT2D eigenvalue weighted by atomic mass is 9.99. The van der Waals surface area contributed by atoms with Crippen LogP contribution in [0.2, 0.25) is 0 Å². The van der Waals surface area contributed by atoms with E-state index in [4.69, 9.17) is 13.9 Å². The van der Waals surface area contributed by atoms with Gasteiger partial charge in [-0.05, 0) is 42.7 Å². The monoisotopic (exact) mass is 409 g/mol. The molecule has 4 aromatic rings. The maximum Gasteiger partial charge on any atom is 0.339 e. The molecule has 0 bridgehead atoms. The Morgan fingerprint density at radius 3 is 2.63 bits per heavy atom. The summed E-state index contributed by atoms with van der Waals surface area (Å²) < 4.78 is 24.4. The number of halogens is 1. The third-order valence-electron chi connectivity index (χ3n) is 5.17. The van der Waals surface area contributed by atoms with Crippen LogP contribution in [0.15, 0.2) is 56.3 Å². The molecule has 0 atom stereocenters. The summed E-state index contributed by atoms with van der Waals surface area (Å²) in [5, 5.41) is 12.9. The lowest BCUT2D eigenvalue weighted by Gasteiger charge is -2.08. The van der Waals surface area contributed by atoms with Gasteiger partial charge in [-0.15, -0.1) is 0 Å². The van der Waals surface area contributed by atoms with Crippen LogP contribution in [-0.2, 0) is 11.2 Å². The van der Waals surface area contributed by atoms with E-state index in [1.165, 1.54) is 12.1 Å². The second-order valence-electron chi connectivity index (χ2n) is 7.07. The quantitative estimate of drug-likeness (QED) is 0.474. The first-order valence-electron chi connectivity index (χ1n) is 9.59. The highest BCUT2D eigenvalue weighted by Gasteiger charge is 2.16. The number of benzene rings is 2. The second kappa shape index (κ2) is 8.12. The Labute approximate surface area is 170 Å². The zero-order valence-electron chi connectivity index (χ0n) is 16.3. The number of amides is 1. The molecule has 0 aliphatic rings. The Morgan fingerprint density at radius 1 is 1.13 bits per heavy atom. The molecule has 4 rings (SSSR count). The van der Waals surface area contributed by atoms with E-state index in [9.17, 15) is 14.0 Å². The molecule has 0 saturated carbocycles. The topological polar surface area (TPSA) is 92.7 Å². The summed E-state index contributed by atoms with van der Waals surface area (Å²) in [5.41, 5.74) is 3.27. The van der Waals surface area contributed by atoms with Crippen LogP contribution in [0.5, 0.6) is 0 Å². The Bertz CT molecular complexity index is 1290. The third kappa shape index (κ3) is 3.71. The van der Waals surface area contributed by atoms with Crippen molar-refractivity contribution < 1.29 is 23.1 Å². The minimum Gasteiger partial charge on any atom is -0.464 e. The number of hydrogen-bond acceptors (Lipinski definition) is 5. The largest absolute Gasteiger partial charge is 0.464 e. The Hall–Kier alpha value is -3.45. The standard InChI is InChI=1S/C23H20FNO5/c1-13-16(6-7-22(27)25-8-9-26)23(28)30-21-11-20-18(10-17(13)21)19(12-29-20)14-2-4-15(24)5-3-14/h2-5,10-12,26H,6-9H2,1H3,(H,25,27). The molecule has 0 aliphatic carbocycles. The van der Waals surface area contributed by atoms with Crippen molar-refractivity contribution in [2.45, 2.75) is 19.8 Å². The van der Waals surface area contributed by atoms with Gasteiger partial charge in [0.15, 0.2) is 0 Å². The highest BCUT2D eigenvalue weighted by molar-refractivity contribution is 6.02. The van der Waals surface area contributed by atoms with Crippen LogP contribution in [0.4, 0.5) is 4.39 Å². The number of nitrogens with one attached hydrogen (secondary N) is 1. The third-order valence-corrected chi connectivity index (χ3v) is 5.17. The van der Waals surface area contributed by atoms with Gasteiger partial charge in [-0.2, -0.15) is 0 Å². The van der Waals surface area contributed by atoms with Crippen molar-refractivity contribution in [2.24, 2.45) is 0 Å². The van der Waals surface area contributed by atoms with E-state index in [2.05, 4.69) is 5.32 Å². The number of fused-ring (bicyclic) bond motifs is 2. The second-order valence-corrected chi connectivity index (χ2v) is 7.07. The minimum absolute atomic E-state index is 0.117. The summed E-state index contributed by atoms with van der Waals surface area (Å²) in [5.74, 6) is -0.561. The maximum atomic E-state index is 13.3. The van der Waals surface area contributed by atoms with Gasteiger partial charge in [0.05, 0.1) is 12.9 Å². The number of hydrogen-bond donors (Lipinski definition) is 2. The highest BCUT2D eigenvalue weighted by Crippen LogP contribution is 2.34. The smallest absolute Gasteiger partial charge is 0.339 e. The maximum absolute atomic E-state index is 13.3. The van der Waals surface area contributed by atoms with E-state index in [1.54, 1.807) is 24.5 Å². The molecular formula is C23H20FNO5. The lowest BCUT2D eigenvalue weighted by molar-refractivity contribution is -0.121. The number of aliphatic hydroxyl groups is 1. The highest BCUT2D eigenvalue weighted by atomic mass is 19.1. The predicted octanol–water partition coefficient (Wildman–Crippen LogP) is 3.69. The normalized spacial score (nSPS) is 11.3. The van der Waals surface area contributed by atoms with Crippen LogP contribution in [0.3, 0.4) is 0 Å². The van der Waals surface area contributed by atoms with E-state index in [1.807, 2.05) is 13.0 Å². The van der Waals surface area contributed by atoms with E-state index in [0.717, 1.165) is 27.5 Å². The molecule has 2 N–H and O–H groups in total. The van der Waals surface area contributed by atoms with Gasteiger partial charge in [-0.3, -0.25) is 4.79 Å². The average molecular weight is 409 g/mol. The van der Waals surface area contributed by atoms with Gasteiger partial charge >= 0.3 is 5.63 Å². The zero-order valence-corrected chi connectivity index (χ0v) is 16.3. The number of furan rings is 1. The molecular weight excluding hydrogens is 389 g/mol. The number of carbonyl (C=O) groups excluding carboxylic acids is 1. The zero-order chi connectivity index (χ0) is 21.3. The number of aliphatic hydroxyl groups excluding tert-OH is 1. The van der Waals surface area contributed by atoms with E-state index >= 15 is 0 Å². The molecule has 6 nitrogen and oxygen atoms in total. The van der Waals surface area contributed by atoms with Crippen LogP contribution in [0.25, 0.3) is 33.1 Å². The van der Waals surface area contributed by atoms with Crippen LogP contribution >= 0.6 is 0 Å². The van der Waals surface area contributed by atoms with E-state index in [0.29, 0.717) is 16.7 Å². The average Bonchev–Trinajstić information content (AvgIpc) is 3.14. The van der Waals surface area contributed by atoms with Gasteiger partial charge < -0.3 is 19.3 Å². The van der Waals surface area contributed by atoms with E-state index < -0.39 is 5.63 Å². The van der Waals surface area contributed by atoms with Crippen LogP contribution in [0.1, 0.15) is 17.5 Å². The SMILES string of the molecule is Cc1c(CCC(=O)NCCO)c(=O)oc2cc3occ(-c4ccc(F)cc4)c3cc12. The first-order valence-corrected chi connectivity index (χ1v) is 9.59. The van der Waals surface area contributed by atoms with Crippen LogP contribution in [-0.4, -0.2) is 24.2 Å². The minimum atomic E-state index is -0.486. The van der Waals surface area contributed by atoms with Crippen molar-refractivity contribution >= 4 is 27.8 Å². The molecule has 0 spiro atoms. The van der Waals surface area contributed by atoms with Crippen molar-refractivity contribution in [2.75, 3.05) is 13.2 Å². The fraction of sp³-hybridized carbons (Fsp3) is 0.217. The van der Waals surface area contributed by atoms with Gasteiger partial charge in [-0.25, -0.2) is 9.18 Å². The molecule has 0 aliphatic heterocycles. The summed E-state index contributed by atoms with van der Waals surface area (Å²) in [6.45, 7) is 1.86. The summed E-state index contributed by atoms with van der Waals surface area (Å²) in [6.07, 6.45) is 1.94. The van der Waals surface area contributed by atoms with Crippen molar-refractivity contribution in [3.8, 4) is 11.1 Å². The molecule has 0 unspecified atom stereocenters. The first-order chi connectivity index (χ1) is 14.5. The summed E-state index contributed by atoms with van der Waals surface area (Å²) >= 11 is 0. The Kier molecular flexibility index (Phi) is 5.37. The van der Waals surface area contributed by atoms with Gasteiger partial charge in [0, 0.05) is 40.9 Å². The van der Waals surface area contributed by atoms with Gasteiger partial charge in [0.2, 0.25) is 5.91 Å². The van der Waals surface area contributed by atoms with E-state index in [-0.39, 0.29) is 37.7 Å². The number of carbonyl (C=O) groups is 1. The molecule has 2 aromatic heterocycles. The molecule has 2 heterocycles. The Balaban J connectivity index is 1.76. The molecule has 154 valence electrons. The molecule has 1 amide bonds. The molecule has 7 heteroatoms. The first kappa shape index (κ1) is 19.8. The van der Waals surface area contributed by atoms with Crippen LogP contribution < -0.4 is 10.9 Å².